The molecule has 0 aliphatic carbocycles. The standard InChI is InChI=1S/C23H17BrN6OS/c1-13-9-16(14(2)29(13)18-7-3-6-17(24)11-18)10-19-20(25)30-23(27-21(19)31)32-22(28-30)15-5-4-8-26-12-15/h3-12,25H,1-2H3/b19-10-,25-20?. The van der Waals surface area contributed by atoms with Gasteiger partial charge in [-0.3, -0.25) is 15.2 Å². The maximum atomic E-state index is 12.8. The number of carbonyl (C=O) groups is 1. The second kappa shape index (κ2) is 7.99. The molecule has 0 bridgehead atoms. The van der Waals surface area contributed by atoms with E-state index in [2.05, 4.69) is 35.6 Å². The van der Waals surface area contributed by atoms with E-state index in [1.165, 1.54) is 16.8 Å². The fraction of sp³-hybridized carbons (Fsp3) is 0.0870. The quantitative estimate of drug-likeness (QED) is 0.512. The summed E-state index contributed by atoms with van der Waals surface area (Å²) in [5, 5.41) is 15.6. The fourth-order valence-electron chi connectivity index (χ4n) is 3.70. The van der Waals surface area contributed by atoms with Gasteiger partial charge in [-0.1, -0.05) is 22.0 Å². The van der Waals surface area contributed by atoms with Crippen LogP contribution in [0.5, 0.6) is 0 Å². The highest BCUT2D eigenvalue weighted by Crippen LogP contribution is 2.31. The summed E-state index contributed by atoms with van der Waals surface area (Å²) in [7, 11) is 0. The molecule has 2 aromatic heterocycles. The summed E-state index contributed by atoms with van der Waals surface area (Å²) in [6.07, 6.45) is 5.11. The van der Waals surface area contributed by atoms with Crippen LogP contribution in [0.4, 0.5) is 0 Å². The minimum absolute atomic E-state index is 0.0126. The largest absolute Gasteiger partial charge is 0.318 e. The molecule has 0 saturated carbocycles. The summed E-state index contributed by atoms with van der Waals surface area (Å²) >= 11 is 4.78. The fourth-order valence-corrected chi connectivity index (χ4v) is 4.97. The lowest BCUT2D eigenvalue weighted by Crippen LogP contribution is -2.35. The Morgan fingerprint density at radius 2 is 2.00 bits per heavy atom. The zero-order valence-electron chi connectivity index (χ0n) is 17.2. The summed E-state index contributed by atoms with van der Waals surface area (Å²) < 4.78 is 3.11. The van der Waals surface area contributed by atoms with Crippen LogP contribution in [0, 0.1) is 19.3 Å². The molecule has 0 radical (unpaired) electrons. The Hall–Kier alpha value is -3.30. The highest BCUT2D eigenvalue weighted by atomic mass is 79.9. The number of carbonyl (C=O) groups excluding carboxylic acids is 1. The van der Waals surface area contributed by atoms with Crippen LogP contribution in [0.1, 0.15) is 22.5 Å². The van der Waals surface area contributed by atoms with Crippen molar-refractivity contribution in [2.24, 2.45) is 10.1 Å². The van der Waals surface area contributed by atoms with Gasteiger partial charge in [0.1, 0.15) is 5.04 Å². The summed E-state index contributed by atoms with van der Waals surface area (Å²) in [6.45, 7) is 4.01. The molecule has 158 valence electrons. The van der Waals surface area contributed by atoms with Crippen molar-refractivity contribution in [3.8, 4) is 5.69 Å². The summed E-state index contributed by atoms with van der Waals surface area (Å²) in [4.78, 5) is 21.1. The number of hydrazone groups is 1. The third kappa shape index (κ3) is 3.53. The smallest absolute Gasteiger partial charge is 0.283 e. The number of fused-ring (bicyclic) bond motifs is 1. The van der Waals surface area contributed by atoms with Gasteiger partial charge in [0.25, 0.3) is 5.91 Å². The maximum absolute atomic E-state index is 12.8. The van der Waals surface area contributed by atoms with E-state index in [0.29, 0.717) is 10.2 Å². The predicted octanol–water partition coefficient (Wildman–Crippen LogP) is 4.92. The molecule has 4 heterocycles. The number of halogens is 1. The number of aliphatic imine (C=N–C) groups is 1. The van der Waals surface area contributed by atoms with E-state index in [1.807, 2.05) is 56.3 Å². The highest BCUT2D eigenvalue weighted by Gasteiger charge is 2.36. The second-order valence-electron chi connectivity index (χ2n) is 7.31. The molecular weight excluding hydrogens is 488 g/mol. The van der Waals surface area contributed by atoms with E-state index in [1.54, 1.807) is 18.5 Å². The van der Waals surface area contributed by atoms with E-state index >= 15 is 0 Å². The number of hydrogen-bond donors (Lipinski definition) is 1. The van der Waals surface area contributed by atoms with Gasteiger partial charge in [0.15, 0.2) is 5.84 Å². The van der Waals surface area contributed by atoms with Crippen LogP contribution in [0.3, 0.4) is 0 Å². The number of nitrogens with zero attached hydrogens (tertiary/aromatic N) is 5. The van der Waals surface area contributed by atoms with Crippen LogP contribution in [-0.2, 0) is 4.79 Å². The third-order valence-corrected chi connectivity index (χ3v) is 6.65. The number of benzene rings is 1. The summed E-state index contributed by atoms with van der Waals surface area (Å²) in [6, 6.07) is 13.7. The topological polar surface area (TPSA) is 86.7 Å². The Kier molecular flexibility index (Phi) is 5.15. The molecule has 1 aromatic carbocycles. The van der Waals surface area contributed by atoms with Crippen molar-refractivity contribution in [3.63, 3.8) is 0 Å². The Morgan fingerprint density at radius 3 is 2.75 bits per heavy atom. The predicted molar refractivity (Wildman–Crippen MR) is 131 cm³/mol. The molecule has 3 aromatic rings. The molecule has 7 nitrogen and oxygen atoms in total. The third-order valence-electron chi connectivity index (χ3n) is 5.20. The number of hydrogen-bond acceptors (Lipinski definition) is 5. The number of amidine groups is 2. The lowest BCUT2D eigenvalue weighted by atomic mass is 10.1. The van der Waals surface area contributed by atoms with Gasteiger partial charge >= 0.3 is 0 Å². The SMILES string of the molecule is Cc1cc(/C=C2/C(=N)N3N=C(c4cccnc4)SC3=NC2=O)c(C)n1-c1cccc(Br)c1. The number of pyridine rings is 1. The van der Waals surface area contributed by atoms with Gasteiger partial charge < -0.3 is 4.57 Å². The summed E-state index contributed by atoms with van der Waals surface area (Å²) in [5.41, 5.74) is 4.90. The molecule has 9 heteroatoms. The molecule has 1 amide bonds. The second-order valence-corrected chi connectivity index (χ2v) is 9.18. The van der Waals surface area contributed by atoms with Gasteiger partial charge in [-0.05, 0) is 73.6 Å². The van der Waals surface area contributed by atoms with Crippen molar-refractivity contribution in [2.75, 3.05) is 0 Å². The van der Waals surface area contributed by atoms with E-state index in [0.717, 1.165) is 32.7 Å². The zero-order valence-corrected chi connectivity index (χ0v) is 19.6. The molecule has 0 spiro atoms. The Morgan fingerprint density at radius 1 is 1.16 bits per heavy atom. The van der Waals surface area contributed by atoms with Gasteiger partial charge in [0.05, 0.1) is 5.57 Å². The number of aryl methyl sites for hydroxylation is 1. The molecule has 0 saturated heterocycles. The van der Waals surface area contributed by atoms with Gasteiger partial charge in [0, 0.05) is 39.5 Å². The average Bonchev–Trinajstić information content (AvgIpc) is 3.32. The van der Waals surface area contributed by atoms with Crippen molar-refractivity contribution in [1.29, 1.82) is 5.41 Å². The number of amides is 1. The van der Waals surface area contributed by atoms with Crippen LogP contribution in [-0.4, -0.2) is 36.5 Å². The molecule has 5 rings (SSSR count). The Bertz CT molecular complexity index is 1370. The van der Waals surface area contributed by atoms with Crippen LogP contribution >= 0.6 is 27.7 Å². The number of aromatic nitrogens is 2. The zero-order chi connectivity index (χ0) is 22.4. The first-order valence-electron chi connectivity index (χ1n) is 9.78. The monoisotopic (exact) mass is 504 g/mol. The molecule has 2 aliphatic rings. The minimum Gasteiger partial charge on any atom is -0.318 e. The first-order valence-corrected chi connectivity index (χ1v) is 11.4. The van der Waals surface area contributed by atoms with Crippen LogP contribution in [0.2, 0.25) is 0 Å². The van der Waals surface area contributed by atoms with Gasteiger partial charge in [-0.2, -0.15) is 15.1 Å². The van der Waals surface area contributed by atoms with Crippen LogP contribution in [0.15, 0.2) is 75.0 Å². The van der Waals surface area contributed by atoms with Gasteiger partial charge in [-0.25, -0.2) is 0 Å². The molecule has 0 unspecified atom stereocenters. The molecular formula is C23H17BrN6OS. The molecule has 2 aliphatic heterocycles. The lowest BCUT2D eigenvalue weighted by molar-refractivity contribution is -0.114. The van der Waals surface area contributed by atoms with Crippen molar-refractivity contribution in [3.05, 3.63) is 87.4 Å². The lowest BCUT2D eigenvalue weighted by Gasteiger charge is -2.20. The molecule has 0 fully saturated rings. The van der Waals surface area contributed by atoms with E-state index < -0.39 is 5.91 Å². The van der Waals surface area contributed by atoms with Crippen molar-refractivity contribution < 1.29 is 4.79 Å². The molecule has 0 atom stereocenters. The van der Waals surface area contributed by atoms with Crippen molar-refractivity contribution >= 4 is 55.7 Å². The number of thioether (sulfide) groups is 1. The van der Waals surface area contributed by atoms with Crippen LogP contribution in [0.25, 0.3) is 11.8 Å². The molecule has 1 N–H and O–H groups in total. The van der Waals surface area contributed by atoms with Crippen molar-refractivity contribution in [1.82, 2.24) is 14.6 Å². The normalized spacial score (nSPS) is 17.0. The van der Waals surface area contributed by atoms with E-state index in [-0.39, 0.29) is 11.4 Å². The van der Waals surface area contributed by atoms with Crippen LogP contribution < -0.4 is 0 Å². The number of nitrogens with one attached hydrogen (secondary N) is 1. The minimum atomic E-state index is -0.441. The van der Waals surface area contributed by atoms with E-state index in [4.69, 9.17) is 5.41 Å². The highest BCUT2D eigenvalue weighted by molar-refractivity contribution is 9.10. The van der Waals surface area contributed by atoms with Gasteiger partial charge in [0.2, 0.25) is 5.17 Å². The van der Waals surface area contributed by atoms with E-state index in [9.17, 15) is 4.79 Å². The van der Waals surface area contributed by atoms with Crippen molar-refractivity contribution in [2.45, 2.75) is 13.8 Å². The first-order chi connectivity index (χ1) is 15.4. The Labute approximate surface area is 197 Å². The molecule has 32 heavy (non-hydrogen) atoms. The Balaban J connectivity index is 1.52. The number of rotatable bonds is 3. The maximum Gasteiger partial charge on any atom is 0.283 e. The first kappa shape index (κ1) is 20.6. The average molecular weight is 505 g/mol. The van der Waals surface area contributed by atoms with Gasteiger partial charge in [-0.15, -0.1) is 0 Å². The summed E-state index contributed by atoms with van der Waals surface area (Å²) in [5.74, 6) is -0.428.